The van der Waals surface area contributed by atoms with Gasteiger partial charge in [-0.15, -0.1) is 5.10 Å². The van der Waals surface area contributed by atoms with Crippen LogP contribution in [0.25, 0.3) is 0 Å². The van der Waals surface area contributed by atoms with Gasteiger partial charge in [-0.2, -0.15) is 8.99 Å². The number of hydrogen-bond donors (Lipinski definition) is 1. The molecular weight excluding hydrogens is 526 g/mol. The first-order valence-electron chi connectivity index (χ1n) is 13.5. The molecule has 3 fully saturated rings. The van der Waals surface area contributed by atoms with E-state index in [9.17, 15) is 13.2 Å². The van der Waals surface area contributed by atoms with Gasteiger partial charge in [0.25, 0.3) is 0 Å². The third-order valence-corrected chi connectivity index (χ3v) is 9.84. The number of aromatic nitrogens is 2. The Morgan fingerprint density at radius 2 is 1.79 bits per heavy atom. The van der Waals surface area contributed by atoms with Crippen molar-refractivity contribution in [2.24, 2.45) is 0 Å². The molecule has 1 N–H and O–H groups in total. The van der Waals surface area contributed by atoms with E-state index in [1.165, 1.54) is 16.5 Å². The number of hydrogen-bond acceptors (Lipinski definition) is 7. The number of carbonyl (C=O) groups excluding carboxylic acids is 1. The van der Waals surface area contributed by atoms with Gasteiger partial charge in [0.05, 0.1) is 6.26 Å². The highest BCUT2D eigenvalue weighted by molar-refractivity contribution is 7.88. The molecule has 0 radical (unpaired) electrons. The van der Waals surface area contributed by atoms with Crippen LogP contribution < -0.4 is 10.2 Å². The van der Waals surface area contributed by atoms with E-state index >= 15 is 0 Å². The molecule has 10 nitrogen and oxygen atoms in total. The Balaban J connectivity index is 1.26. The SMILES string of the molecule is CCNc1ccn(C(=O)N2CCC3(CCCN3Cc3ccc(Cl)cc3N3CCN(S(C)(=O)=O)CC3)CC2)n1. The highest BCUT2D eigenvalue weighted by atomic mass is 35.5. The number of benzene rings is 1. The quantitative estimate of drug-likeness (QED) is 0.577. The van der Waals surface area contributed by atoms with E-state index in [4.69, 9.17) is 11.6 Å². The van der Waals surface area contributed by atoms with Crippen molar-refractivity contribution in [3.63, 3.8) is 0 Å². The lowest BCUT2D eigenvalue weighted by Gasteiger charge is -2.45. The van der Waals surface area contributed by atoms with Gasteiger partial charge in [-0.1, -0.05) is 17.7 Å². The number of amides is 1. The molecule has 3 saturated heterocycles. The minimum absolute atomic E-state index is 0.0678. The number of anilines is 2. The number of nitrogens with one attached hydrogen (secondary N) is 1. The van der Waals surface area contributed by atoms with E-state index in [1.807, 2.05) is 30.0 Å². The normalized spacial score (nSPS) is 20.8. The molecule has 1 aromatic heterocycles. The van der Waals surface area contributed by atoms with Crippen LogP contribution in [-0.4, -0.2) is 102 Å². The number of likely N-dealkylation sites (tertiary alicyclic amines) is 2. The summed E-state index contributed by atoms with van der Waals surface area (Å²) >= 11 is 6.42. The maximum atomic E-state index is 13.1. The van der Waals surface area contributed by atoms with Crippen LogP contribution >= 0.6 is 11.6 Å². The summed E-state index contributed by atoms with van der Waals surface area (Å²) in [7, 11) is -3.18. The molecule has 38 heavy (non-hydrogen) atoms. The second kappa shape index (κ2) is 11.0. The molecule has 3 aliphatic heterocycles. The lowest BCUT2D eigenvalue weighted by molar-refractivity contribution is 0.0585. The molecule has 12 heteroatoms. The topological polar surface area (TPSA) is 94.0 Å². The van der Waals surface area contributed by atoms with Crippen molar-refractivity contribution in [2.45, 2.75) is 44.7 Å². The molecule has 1 aromatic carbocycles. The van der Waals surface area contributed by atoms with E-state index in [0.29, 0.717) is 50.1 Å². The smallest absolute Gasteiger partial charge is 0.344 e. The number of piperidine rings is 1. The predicted octanol–water partition coefficient (Wildman–Crippen LogP) is 3.15. The molecule has 2 aromatic rings. The van der Waals surface area contributed by atoms with Gasteiger partial charge in [0.1, 0.15) is 5.82 Å². The first kappa shape index (κ1) is 27.2. The summed E-state index contributed by atoms with van der Waals surface area (Å²) in [5, 5.41) is 8.20. The molecule has 5 rings (SSSR count). The van der Waals surface area contributed by atoms with Crippen LogP contribution in [0.5, 0.6) is 0 Å². The van der Waals surface area contributed by atoms with Crippen LogP contribution in [-0.2, 0) is 16.6 Å². The minimum atomic E-state index is -3.18. The molecule has 0 saturated carbocycles. The number of carbonyl (C=O) groups is 1. The maximum absolute atomic E-state index is 13.1. The molecule has 0 bridgehead atoms. The van der Waals surface area contributed by atoms with E-state index in [2.05, 4.69) is 26.3 Å². The number of piperazine rings is 1. The van der Waals surface area contributed by atoms with Crippen LogP contribution in [0.1, 0.15) is 38.2 Å². The van der Waals surface area contributed by atoms with Crippen LogP contribution in [0.3, 0.4) is 0 Å². The first-order chi connectivity index (χ1) is 18.2. The van der Waals surface area contributed by atoms with Crippen molar-refractivity contribution in [1.29, 1.82) is 0 Å². The number of rotatable bonds is 6. The lowest BCUT2D eigenvalue weighted by Crippen LogP contribution is -2.53. The van der Waals surface area contributed by atoms with Crippen molar-refractivity contribution in [3.8, 4) is 0 Å². The summed E-state index contributed by atoms with van der Waals surface area (Å²) in [5.74, 6) is 0.716. The van der Waals surface area contributed by atoms with Crippen molar-refractivity contribution < 1.29 is 13.2 Å². The highest BCUT2D eigenvalue weighted by Crippen LogP contribution is 2.40. The fraction of sp³-hybridized carbons (Fsp3) is 0.615. The highest BCUT2D eigenvalue weighted by Gasteiger charge is 2.44. The standard InChI is InChI=1S/C26H38ClN7O3S/c1-3-28-24-7-12-34(29-24)25(35)31-13-9-26(10-14-31)8-4-11-32(26)20-21-5-6-22(27)19-23(21)30-15-17-33(18-16-30)38(2,36)37/h5-7,12,19H,3-4,8-11,13-18,20H2,1-2H3,(H,28,29). The molecule has 208 valence electrons. The van der Waals surface area contributed by atoms with Gasteiger partial charge in [-0.05, 0) is 56.8 Å². The minimum Gasteiger partial charge on any atom is -0.369 e. The fourth-order valence-corrected chi connectivity index (χ4v) is 7.20. The summed E-state index contributed by atoms with van der Waals surface area (Å²) in [4.78, 5) is 19.8. The van der Waals surface area contributed by atoms with Crippen LogP contribution in [0, 0.1) is 0 Å². The fourth-order valence-electron chi connectivity index (χ4n) is 6.20. The molecule has 3 aliphatic rings. The van der Waals surface area contributed by atoms with Crippen molar-refractivity contribution in [1.82, 2.24) is 23.9 Å². The Hall–Kier alpha value is -2.34. The Labute approximate surface area is 230 Å². The average Bonchev–Trinajstić information content (AvgIpc) is 3.52. The number of nitrogens with zero attached hydrogens (tertiary/aromatic N) is 6. The summed E-state index contributed by atoms with van der Waals surface area (Å²) < 4.78 is 26.9. The van der Waals surface area contributed by atoms with Gasteiger partial charge in [-0.25, -0.2) is 13.2 Å². The Morgan fingerprint density at radius 1 is 1.05 bits per heavy atom. The molecule has 0 atom stereocenters. The van der Waals surface area contributed by atoms with Gasteiger partial charge >= 0.3 is 6.03 Å². The number of sulfonamides is 1. The predicted molar refractivity (Wildman–Crippen MR) is 150 cm³/mol. The summed E-state index contributed by atoms with van der Waals surface area (Å²) in [6.45, 7) is 8.30. The number of halogens is 1. The largest absolute Gasteiger partial charge is 0.369 e. The van der Waals surface area contributed by atoms with E-state index < -0.39 is 10.0 Å². The van der Waals surface area contributed by atoms with Gasteiger partial charge < -0.3 is 15.1 Å². The monoisotopic (exact) mass is 563 g/mol. The van der Waals surface area contributed by atoms with Crippen molar-refractivity contribution in [3.05, 3.63) is 41.0 Å². The van der Waals surface area contributed by atoms with Crippen LogP contribution in [0.15, 0.2) is 30.5 Å². The van der Waals surface area contributed by atoms with Crippen LogP contribution in [0.2, 0.25) is 5.02 Å². The third kappa shape index (κ3) is 5.66. The molecule has 0 aliphatic carbocycles. The van der Waals surface area contributed by atoms with Gasteiger partial charge in [-0.3, -0.25) is 4.90 Å². The van der Waals surface area contributed by atoms with Crippen molar-refractivity contribution >= 4 is 39.2 Å². The van der Waals surface area contributed by atoms with Crippen LogP contribution in [0.4, 0.5) is 16.3 Å². The van der Waals surface area contributed by atoms with Gasteiger partial charge in [0.2, 0.25) is 10.0 Å². The van der Waals surface area contributed by atoms with Crippen molar-refractivity contribution in [2.75, 3.05) is 68.8 Å². The van der Waals surface area contributed by atoms with E-state index in [-0.39, 0.29) is 11.6 Å². The zero-order valence-corrected chi connectivity index (χ0v) is 23.8. The van der Waals surface area contributed by atoms with E-state index in [1.54, 1.807) is 10.5 Å². The summed E-state index contributed by atoms with van der Waals surface area (Å²) in [6, 6.07) is 7.84. The van der Waals surface area contributed by atoms with Gasteiger partial charge in [0, 0.05) is 80.9 Å². The summed E-state index contributed by atoms with van der Waals surface area (Å²) in [5.41, 5.74) is 2.40. The molecular formula is C26H38ClN7O3S. The second-order valence-corrected chi connectivity index (χ2v) is 13.0. The van der Waals surface area contributed by atoms with E-state index in [0.717, 1.165) is 51.0 Å². The zero-order valence-electron chi connectivity index (χ0n) is 22.3. The Bertz CT molecular complexity index is 1250. The first-order valence-corrected chi connectivity index (χ1v) is 15.7. The summed E-state index contributed by atoms with van der Waals surface area (Å²) in [6.07, 6.45) is 7.16. The van der Waals surface area contributed by atoms with Gasteiger partial charge in [0.15, 0.2) is 0 Å². The zero-order chi connectivity index (χ0) is 26.9. The molecule has 1 amide bonds. The third-order valence-electron chi connectivity index (χ3n) is 8.31. The second-order valence-electron chi connectivity index (χ2n) is 10.6. The average molecular weight is 564 g/mol. The Morgan fingerprint density at radius 3 is 2.47 bits per heavy atom. The maximum Gasteiger partial charge on any atom is 0.344 e. The molecule has 4 heterocycles. The Kier molecular flexibility index (Phi) is 7.91. The lowest BCUT2D eigenvalue weighted by atomic mass is 9.84. The molecule has 0 unspecified atom stereocenters. The molecule has 1 spiro atoms.